The highest BCUT2D eigenvalue weighted by Crippen LogP contribution is 2.28. The molecule has 138 valence electrons. The lowest BCUT2D eigenvalue weighted by Gasteiger charge is -2.29. The molecule has 3 N–H and O–H groups in total. The molecule has 26 heavy (non-hydrogen) atoms. The van der Waals surface area contributed by atoms with Crippen LogP contribution >= 0.6 is 0 Å². The number of nitrogens with one attached hydrogen (secondary N) is 3. The van der Waals surface area contributed by atoms with Crippen molar-refractivity contribution in [3.8, 4) is 0 Å². The van der Waals surface area contributed by atoms with Crippen LogP contribution in [-0.4, -0.2) is 54.0 Å². The predicted octanol–water partition coefficient (Wildman–Crippen LogP) is -0.153. The zero-order valence-electron chi connectivity index (χ0n) is 14.3. The van der Waals surface area contributed by atoms with Gasteiger partial charge in [0.1, 0.15) is 12.2 Å². The maximum absolute atomic E-state index is 13.6. The van der Waals surface area contributed by atoms with Gasteiger partial charge in [0.2, 0.25) is 11.8 Å². The van der Waals surface area contributed by atoms with Crippen molar-refractivity contribution in [1.29, 1.82) is 0 Å². The van der Waals surface area contributed by atoms with Crippen LogP contribution in [-0.2, 0) is 22.7 Å². The molecule has 0 radical (unpaired) electrons. The third-order valence-corrected chi connectivity index (χ3v) is 5.30. The van der Waals surface area contributed by atoms with E-state index in [0.717, 1.165) is 11.1 Å². The average Bonchev–Trinajstić information content (AvgIpc) is 3.16. The van der Waals surface area contributed by atoms with Crippen LogP contribution in [0.15, 0.2) is 18.2 Å². The second-order valence-electron chi connectivity index (χ2n) is 7.05. The van der Waals surface area contributed by atoms with E-state index in [-0.39, 0.29) is 24.3 Å². The maximum atomic E-state index is 13.6. The lowest BCUT2D eigenvalue weighted by Crippen LogP contribution is -2.52. The second kappa shape index (κ2) is 6.77. The molecule has 0 bridgehead atoms. The molecule has 3 heterocycles. The molecular weight excluding hydrogens is 339 g/mol. The molecule has 0 aliphatic carbocycles. The van der Waals surface area contributed by atoms with Gasteiger partial charge in [0.15, 0.2) is 0 Å². The number of alkyl halides is 1. The Kier molecular flexibility index (Phi) is 4.46. The summed E-state index contributed by atoms with van der Waals surface area (Å²) in [4.78, 5) is 37.5. The number of carbonyl (C=O) groups excluding carboxylic acids is 3. The molecule has 1 aromatic carbocycles. The first-order chi connectivity index (χ1) is 12.5. The summed E-state index contributed by atoms with van der Waals surface area (Å²) in [5.74, 6) is -0.888. The monoisotopic (exact) mass is 360 g/mol. The molecule has 8 heteroatoms. The lowest BCUT2D eigenvalue weighted by atomic mass is 10.0. The second-order valence-corrected chi connectivity index (χ2v) is 7.05. The molecule has 7 nitrogen and oxygen atoms in total. The number of piperidine rings is 1. The highest BCUT2D eigenvalue weighted by molar-refractivity contribution is 6.05. The lowest BCUT2D eigenvalue weighted by molar-refractivity contribution is -0.136. The van der Waals surface area contributed by atoms with Gasteiger partial charge in [0.05, 0.1) is 6.04 Å². The first-order valence-electron chi connectivity index (χ1n) is 8.87. The molecule has 3 aliphatic rings. The Morgan fingerprint density at radius 3 is 2.81 bits per heavy atom. The molecule has 0 aromatic heterocycles. The molecular formula is C18H21FN4O3. The molecule has 2 saturated heterocycles. The summed E-state index contributed by atoms with van der Waals surface area (Å²) in [7, 11) is 0. The van der Waals surface area contributed by atoms with Crippen LogP contribution in [0.25, 0.3) is 0 Å². The summed E-state index contributed by atoms with van der Waals surface area (Å²) in [5.41, 5.74) is 2.42. The van der Waals surface area contributed by atoms with Crippen LogP contribution < -0.4 is 16.0 Å². The quantitative estimate of drug-likeness (QED) is 0.650. The minimum absolute atomic E-state index is 0.183. The first kappa shape index (κ1) is 17.1. The summed E-state index contributed by atoms with van der Waals surface area (Å²) in [6, 6.07) is 4.74. The van der Waals surface area contributed by atoms with Crippen LogP contribution in [0.1, 0.15) is 34.3 Å². The number of carbonyl (C=O) groups is 3. The van der Waals surface area contributed by atoms with E-state index in [1.807, 2.05) is 12.1 Å². The van der Waals surface area contributed by atoms with E-state index in [1.54, 1.807) is 6.07 Å². The smallest absolute Gasteiger partial charge is 0.255 e. The molecule has 2 fully saturated rings. The Morgan fingerprint density at radius 1 is 1.23 bits per heavy atom. The third-order valence-electron chi connectivity index (χ3n) is 5.30. The molecule has 1 aromatic rings. The van der Waals surface area contributed by atoms with E-state index in [1.165, 1.54) is 4.90 Å². The zero-order chi connectivity index (χ0) is 18.3. The van der Waals surface area contributed by atoms with E-state index < -0.39 is 18.1 Å². The van der Waals surface area contributed by atoms with E-state index in [0.29, 0.717) is 38.2 Å². The normalized spacial score (nSPS) is 28.4. The van der Waals surface area contributed by atoms with Crippen molar-refractivity contribution in [2.24, 2.45) is 0 Å². The van der Waals surface area contributed by atoms with E-state index in [4.69, 9.17) is 0 Å². The Morgan fingerprint density at radius 2 is 2.08 bits per heavy atom. The van der Waals surface area contributed by atoms with E-state index in [9.17, 15) is 18.8 Å². The van der Waals surface area contributed by atoms with Crippen molar-refractivity contribution in [2.75, 3.05) is 13.1 Å². The van der Waals surface area contributed by atoms with E-state index >= 15 is 0 Å². The van der Waals surface area contributed by atoms with Crippen LogP contribution in [0.2, 0.25) is 0 Å². The number of hydrogen-bond acceptors (Lipinski definition) is 5. The van der Waals surface area contributed by atoms with Crippen molar-refractivity contribution < 1.29 is 18.8 Å². The first-order valence-corrected chi connectivity index (χ1v) is 8.87. The number of nitrogens with zero attached hydrogens (tertiary/aromatic N) is 1. The van der Waals surface area contributed by atoms with Crippen molar-refractivity contribution in [1.82, 2.24) is 20.9 Å². The highest BCUT2D eigenvalue weighted by Gasteiger charge is 2.39. The van der Waals surface area contributed by atoms with Crippen LogP contribution in [0.3, 0.4) is 0 Å². The predicted molar refractivity (Wildman–Crippen MR) is 90.9 cm³/mol. The van der Waals surface area contributed by atoms with Crippen molar-refractivity contribution in [2.45, 2.75) is 44.2 Å². The average molecular weight is 360 g/mol. The molecule has 3 aliphatic heterocycles. The minimum atomic E-state index is -0.894. The number of rotatable bonds is 4. The Labute approximate surface area is 150 Å². The minimum Gasteiger partial charge on any atom is -0.322 e. The number of imide groups is 1. The standard InChI is InChI=1S/C18H21FN4O3/c19-13-7-20-8-14(13)21-6-10-1-2-12-11(5-10)9-23(18(12)26)15-3-4-16(24)22-17(15)25/h1-2,5,13-15,20-21H,3-4,6-9H2,(H,22,24,25)/t13-,14+,15?/m1/s1. The number of halogens is 1. The van der Waals surface area contributed by atoms with Gasteiger partial charge < -0.3 is 15.5 Å². The van der Waals surface area contributed by atoms with Gasteiger partial charge in [-0.1, -0.05) is 12.1 Å². The summed E-state index contributed by atoms with van der Waals surface area (Å²) < 4.78 is 13.6. The Balaban J connectivity index is 1.44. The fourth-order valence-electron chi connectivity index (χ4n) is 3.83. The van der Waals surface area contributed by atoms with Gasteiger partial charge in [0.25, 0.3) is 5.91 Å². The van der Waals surface area contributed by atoms with Crippen LogP contribution in [0, 0.1) is 0 Å². The summed E-state index contributed by atoms with van der Waals surface area (Å²) in [5, 5.41) is 8.50. The van der Waals surface area contributed by atoms with E-state index in [2.05, 4.69) is 16.0 Å². The number of fused-ring (bicyclic) bond motifs is 1. The fourth-order valence-corrected chi connectivity index (χ4v) is 3.83. The van der Waals surface area contributed by atoms with Gasteiger partial charge in [-0.25, -0.2) is 4.39 Å². The highest BCUT2D eigenvalue weighted by atomic mass is 19.1. The van der Waals surface area contributed by atoms with Crippen LogP contribution in [0.5, 0.6) is 0 Å². The van der Waals surface area contributed by atoms with Crippen molar-refractivity contribution in [3.05, 3.63) is 34.9 Å². The Hall–Kier alpha value is -2.32. The SMILES string of the molecule is O=C1CCC(N2Cc3cc(CN[C@H]4CNC[C@H]4F)ccc3C2=O)C(=O)N1. The van der Waals surface area contributed by atoms with Gasteiger partial charge in [-0.3, -0.25) is 19.7 Å². The van der Waals surface area contributed by atoms with Crippen LogP contribution in [0.4, 0.5) is 4.39 Å². The van der Waals surface area contributed by atoms with Crippen molar-refractivity contribution in [3.63, 3.8) is 0 Å². The maximum Gasteiger partial charge on any atom is 0.255 e. The zero-order valence-corrected chi connectivity index (χ0v) is 14.3. The van der Waals surface area contributed by atoms with Gasteiger partial charge in [0, 0.05) is 38.2 Å². The van der Waals surface area contributed by atoms with Gasteiger partial charge >= 0.3 is 0 Å². The fraction of sp³-hybridized carbons (Fsp3) is 0.500. The Bertz CT molecular complexity index is 769. The molecule has 3 amide bonds. The largest absolute Gasteiger partial charge is 0.322 e. The number of hydrogen-bond donors (Lipinski definition) is 3. The summed E-state index contributed by atoms with van der Waals surface area (Å²) in [6.45, 7) is 1.85. The van der Waals surface area contributed by atoms with Crippen molar-refractivity contribution >= 4 is 17.7 Å². The van der Waals surface area contributed by atoms with Gasteiger partial charge in [-0.15, -0.1) is 0 Å². The molecule has 1 unspecified atom stereocenters. The third kappa shape index (κ3) is 3.10. The van der Waals surface area contributed by atoms with Gasteiger partial charge in [-0.05, 0) is 23.6 Å². The molecule has 0 spiro atoms. The topological polar surface area (TPSA) is 90.5 Å². The summed E-state index contributed by atoms with van der Waals surface area (Å²) >= 11 is 0. The summed E-state index contributed by atoms with van der Waals surface area (Å²) in [6.07, 6.45) is -0.300. The molecule has 4 rings (SSSR count). The molecule has 0 saturated carbocycles. The van der Waals surface area contributed by atoms with Gasteiger partial charge in [-0.2, -0.15) is 0 Å². The number of amides is 3. The number of benzene rings is 1. The molecule has 3 atom stereocenters.